The molecular weight excluding hydrogens is 360 g/mol. The van der Waals surface area contributed by atoms with Crippen molar-refractivity contribution in [1.82, 2.24) is 10.2 Å². The van der Waals surface area contributed by atoms with Crippen LogP contribution in [0.4, 0.5) is 5.69 Å². The largest absolute Gasteiger partial charge is 0.370 e. The quantitative estimate of drug-likeness (QED) is 0.646. The van der Waals surface area contributed by atoms with Crippen molar-refractivity contribution in [2.75, 3.05) is 5.32 Å². The highest BCUT2D eigenvalue weighted by Gasteiger charge is 2.71. The van der Waals surface area contributed by atoms with E-state index in [1.54, 1.807) is 24.3 Å². The average Bonchev–Trinajstić information content (AvgIpc) is 3.37. The van der Waals surface area contributed by atoms with Crippen molar-refractivity contribution >= 4 is 29.3 Å². The Morgan fingerprint density at radius 1 is 1.14 bits per heavy atom. The van der Waals surface area contributed by atoms with Gasteiger partial charge in [-0.25, -0.2) is 0 Å². The van der Waals surface area contributed by atoms with Crippen molar-refractivity contribution in [2.24, 2.45) is 17.6 Å². The van der Waals surface area contributed by atoms with Crippen molar-refractivity contribution in [3.63, 3.8) is 0 Å². The number of para-hydroxylation sites is 1. The third-order valence-corrected chi connectivity index (χ3v) is 6.77. The van der Waals surface area contributed by atoms with E-state index < -0.39 is 29.3 Å². The van der Waals surface area contributed by atoms with E-state index in [1.807, 2.05) is 0 Å². The molecule has 4 N–H and O–H groups in total. The normalized spacial score (nSPS) is 34.2. The Hall–Kier alpha value is -2.74. The third kappa shape index (κ3) is 2.09. The predicted octanol–water partition coefficient (Wildman–Crippen LogP) is 0.225. The number of anilines is 1. The highest BCUT2D eigenvalue weighted by molar-refractivity contribution is 6.15. The lowest BCUT2D eigenvalue weighted by Crippen LogP contribution is -2.54. The molecular formula is C20H22N4O4. The summed E-state index contributed by atoms with van der Waals surface area (Å²) in [6, 6.07) is 6.40. The topological polar surface area (TPSA) is 122 Å². The SMILES string of the molecule is NC(=O)C[C@H]1N[C@@]2(C(=O)Nc3ccccc32)[C@H]2C(=O)N(C3CCCC3)C(=O)[C@H]12. The molecule has 0 radical (unpaired) electrons. The Balaban J connectivity index is 1.64. The molecule has 8 heteroatoms. The third-order valence-electron chi connectivity index (χ3n) is 6.77. The van der Waals surface area contributed by atoms with Gasteiger partial charge in [0.2, 0.25) is 23.6 Å². The number of carbonyl (C=O) groups excluding carboxylic acids is 4. The Morgan fingerprint density at radius 2 is 1.86 bits per heavy atom. The Labute approximate surface area is 161 Å². The standard InChI is InChI=1S/C20H22N4O4/c21-14(25)9-13-15-16(18(27)24(17(15)26)10-5-1-2-6-10)20(23-13)11-7-3-4-8-12(11)22-19(20)28/h3-4,7-8,10,13,15-16,23H,1-2,5-6,9H2,(H2,21,25)(H,22,28)/t13-,15-,16-,20-/m1/s1. The fourth-order valence-corrected chi connectivity index (χ4v) is 5.69. The summed E-state index contributed by atoms with van der Waals surface area (Å²) in [4.78, 5) is 53.0. The maximum Gasteiger partial charge on any atom is 0.250 e. The van der Waals surface area contributed by atoms with Gasteiger partial charge >= 0.3 is 0 Å². The van der Waals surface area contributed by atoms with Crippen LogP contribution in [0.25, 0.3) is 0 Å². The summed E-state index contributed by atoms with van der Waals surface area (Å²) in [6.07, 6.45) is 3.44. The van der Waals surface area contributed by atoms with Crippen LogP contribution in [0, 0.1) is 11.8 Å². The highest BCUT2D eigenvalue weighted by Crippen LogP contribution is 2.54. The number of benzene rings is 1. The average molecular weight is 382 g/mol. The van der Waals surface area contributed by atoms with E-state index in [2.05, 4.69) is 10.6 Å². The van der Waals surface area contributed by atoms with E-state index >= 15 is 0 Å². The number of amides is 4. The number of rotatable bonds is 3. The van der Waals surface area contributed by atoms with Crippen molar-refractivity contribution in [3.05, 3.63) is 29.8 Å². The molecule has 4 atom stereocenters. The van der Waals surface area contributed by atoms with Crippen LogP contribution >= 0.6 is 0 Å². The van der Waals surface area contributed by atoms with E-state index in [-0.39, 0.29) is 30.2 Å². The van der Waals surface area contributed by atoms with Gasteiger partial charge < -0.3 is 11.1 Å². The lowest BCUT2D eigenvalue weighted by atomic mass is 9.76. The van der Waals surface area contributed by atoms with Gasteiger partial charge in [-0.05, 0) is 18.9 Å². The number of imide groups is 1. The first kappa shape index (κ1) is 17.4. The minimum atomic E-state index is -1.35. The monoisotopic (exact) mass is 382 g/mol. The summed E-state index contributed by atoms with van der Waals surface area (Å²) in [5, 5.41) is 6.03. The van der Waals surface area contributed by atoms with E-state index in [0.29, 0.717) is 11.3 Å². The number of nitrogens with two attached hydrogens (primary N) is 1. The van der Waals surface area contributed by atoms with E-state index in [1.165, 1.54) is 4.90 Å². The summed E-state index contributed by atoms with van der Waals surface area (Å²) in [5.74, 6) is -3.15. The molecule has 3 fully saturated rings. The smallest absolute Gasteiger partial charge is 0.250 e. The summed E-state index contributed by atoms with van der Waals surface area (Å²) >= 11 is 0. The van der Waals surface area contributed by atoms with Gasteiger partial charge in [-0.15, -0.1) is 0 Å². The number of likely N-dealkylation sites (tertiary alicyclic amines) is 1. The highest BCUT2D eigenvalue weighted by atomic mass is 16.2. The first-order valence-corrected chi connectivity index (χ1v) is 9.79. The van der Waals surface area contributed by atoms with Crippen LogP contribution in [0.5, 0.6) is 0 Å². The molecule has 1 aromatic carbocycles. The molecule has 0 bridgehead atoms. The second-order valence-corrected chi connectivity index (χ2v) is 8.22. The minimum absolute atomic E-state index is 0.101. The minimum Gasteiger partial charge on any atom is -0.370 e. The Kier molecular flexibility index (Phi) is 3.64. The predicted molar refractivity (Wildman–Crippen MR) is 98.6 cm³/mol. The summed E-state index contributed by atoms with van der Waals surface area (Å²) < 4.78 is 0. The van der Waals surface area contributed by atoms with Crippen molar-refractivity contribution in [3.8, 4) is 0 Å². The molecule has 28 heavy (non-hydrogen) atoms. The zero-order valence-corrected chi connectivity index (χ0v) is 15.3. The van der Waals surface area contributed by atoms with Gasteiger partial charge in [-0.3, -0.25) is 29.4 Å². The van der Waals surface area contributed by atoms with Crippen LogP contribution in [0.3, 0.4) is 0 Å². The second kappa shape index (κ2) is 5.88. The van der Waals surface area contributed by atoms with E-state index in [0.717, 1.165) is 25.7 Å². The molecule has 4 aliphatic rings. The number of primary amides is 1. The maximum atomic E-state index is 13.5. The molecule has 8 nitrogen and oxygen atoms in total. The number of nitrogens with one attached hydrogen (secondary N) is 2. The molecule has 1 aromatic rings. The summed E-state index contributed by atoms with van der Waals surface area (Å²) in [7, 11) is 0. The van der Waals surface area contributed by atoms with Gasteiger partial charge in [-0.2, -0.15) is 0 Å². The Bertz CT molecular complexity index is 909. The van der Waals surface area contributed by atoms with Gasteiger partial charge in [0.05, 0.1) is 11.8 Å². The van der Waals surface area contributed by atoms with Gasteiger partial charge in [0.25, 0.3) is 0 Å². The molecule has 1 spiro atoms. The maximum absolute atomic E-state index is 13.5. The molecule has 1 aliphatic carbocycles. The van der Waals surface area contributed by atoms with Gasteiger partial charge in [-0.1, -0.05) is 31.0 Å². The van der Waals surface area contributed by atoms with E-state index in [9.17, 15) is 19.2 Å². The molecule has 4 amide bonds. The molecule has 3 aliphatic heterocycles. The van der Waals surface area contributed by atoms with Gasteiger partial charge in [0, 0.05) is 29.8 Å². The zero-order chi connectivity index (χ0) is 19.6. The second-order valence-electron chi connectivity index (χ2n) is 8.22. The van der Waals surface area contributed by atoms with Crippen molar-refractivity contribution < 1.29 is 19.2 Å². The zero-order valence-electron chi connectivity index (χ0n) is 15.3. The summed E-state index contributed by atoms with van der Waals surface area (Å²) in [5.41, 5.74) is 5.35. The number of hydrogen-bond donors (Lipinski definition) is 3. The van der Waals surface area contributed by atoms with Crippen LogP contribution in [0.1, 0.15) is 37.7 Å². The van der Waals surface area contributed by atoms with Gasteiger partial charge in [0.15, 0.2) is 0 Å². The van der Waals surface area contributed by atoms with Crippen LogP contribution in [0.15, 0.2) is 24.3 Å². The van der Waals surface area contributed by atoms with Crippen molar-refractivity contribution in [1.29, 1.82) is 0 Å². The number of hydrogen-bond acceptors (Lipinski definition) is 5. The lowest BCUT2D eigenvalue weighted by Gasteiger charge is -2.31. The van der Waals surface area contributed by atoms with Gasteiger partial charge in [0.1, 0.15) is 5.54 Å². The van der Waals surface area contributed by atoms with Crippen LogP contribution in [-0.4, -0.2) is 40.6 Å². The lowest BCUT2D eigenvalue weighted by molar-refractivity contribution is -0.145. The van der Waals surface area contributed by atoms with Crippen LogP contribution in [-0.2, 0) is 24.7 Å². The molecule has 3 heterocycles. The number of fused-ring (bicyclic) bond motifs is 4. The first-order chi connectivity index (χ1) is 13.4. The molecule has 5 rings (SSSR count). The molecule has 0 unspecified atom stereocenters. The first-order valence-electron chi connectivity index (χ1n) is 9.79. The Morgan fingerprint density at radius 3 is 2.57 bits per heavy atom. The van der Waals surface area contributed by atoms with Crippen LogP contribution in [0.2, 0.25) is 0 Å². The summed E-state index contributed by atoms with van der Waals surface area (Å²) in [6.45, 7) is 0. The fraction of sp³-hybridized carbons (Fsp3) is 0.500. The number of carbonyl (C=O) groups is 4. The molecule has 1 saturated carbocycles. The fourth-order valence-electron chi connectivity index (χ4n) is 5.69. The van der Waals surface area contributed by atoms with Crippen molar-refractivity contribution in [2.45, 2.75) is 49.7 Å². The molecule has 2 saturated heterocycles. The molecule has 146 valence electrons. The van der Waals surface area contributed by atoms with E-state index in [4.69, 9.17) is 5.73 Å². The van der Waals surface area contributed by atoms with Crippen LogP contribution < -0.4 is 16.4 Å². The number of nitrogens with zero attached hydrogens (tertiary/aromatic N) is 1. The molecule has 0 aromatic heterocycles.